The molecule has 1 heterocycles. The Hall–Kier alpha value is -3.26. The predicted molar refractivity (Wildman–Crippen MR) is 108 cm³/mol. The van der Waals surface area contributed by atoms with E-state index in [-0.39, 0.29) is 5.82 Å². The van der Waals surface area contributed by atoms with E-state index in [0.29, 0.717) is 52.3 Å². The highest BCUT2D eigenvalue weighted by Gasteiger charge is 2.19. The van der Waals surface area contributed by atoms with Crippen LogP contribution in [0.4, 0.5) is 5.82 Å². The number of aromatic nitrogens is 2. The van der Waals surface area contributed by atoms with Gasteiger partial charge in [0.15, 0.2) is 17.2 Å². The van der Waals surface area contributed by atoms with Gasteiger partial charge < -0.3 is 19.5 Å². The van der Waals surface area contributed by atoms with Crippen LogP contribution in [0.1, 0.15) is 24.2 Å². The van der Waals surface area contributed by atoms with Gasteiger partial charge in [0.05, 0.1) is 25.3 Å². The van der Waals surface area contributed by atoms with Crippen molar-refractivity contribution in [1.29, 1.82) is 0 Å². The molecule has 0 spiro atoms. The molecule has 3 aromatic rings. The average molecular weight is 418 g/mol. The number of carbonyl (C=O) groups excluding carboxylic acids is 1. The molecular formula is C20H20ClN3O5. The van der Waals surface area contributed by atoms with Crippen LogP contribution in [0.25, 0.3) is 11.3 Å². The van der Waals surface area contributed by atoms with Gasteiger partial charge in [0, 0.05) is 11.1 Å². The Kier molecular flexibility index (Phi) is 6.56. The molecule has 0 aliphatic heterocycles. The van der Waals surface area contributed by atoms with Crippen molar-refractivity contribution in [3.63, 3.8) is 0 Å². The molecule has 0 aliphatic carbocycles. The van der Waals surface area contributed by atoms with Crippen LogP contribution in [0.2, 0.25) is 5.02 Å². The van der Waals surface area contributed by atoms with Crippen LogP contribution in [-0.2, 0) is 0 Å². The third-order valence-corrected chi connectivity index (χ3v) is 4.25. The number of ether oxygens (including phenoxy) is 3. The van der Waals surface area contributed by atoms with Crippen molar-refractivity contribution in [3.8, 4) is 28.5 Å². The van der Waals surface area contributed by atoms with Crippen molar-refractivity contribution in [2.24, 2.45) is 0 Å². The molecule has 2 aromatic carbocycles. The fraction of sp³-hybridized carbons (Fsp3) is 0.250. The van der Waals surface area contributed by atoms with E-state index in [9.17, 15) is 4.79 Å². The van der Waals surface area contributed by atoms with Gasteiger partial charge in [0.2, 0.25) is 5.82 Å². The summed E-state index contributed by atoms with van der Waals surface area (Å²) in [5, 5.41) is 10.7. The lowest BCUT2D eigenvalue weighted by molar-refractivity contribution is 0.102. The standard InChI is InChI=1S/C20H20ClN3O5/c1-4-27-16-9-6-12(11-17(16)28-5-2)18-19(24-29-23-18)22-20(25)13-7-8-15(26-3)14(21)10-13/h6-11H,4-5H2,1-3H3,(H,22,24,25). The maximum Gasteiger partial charge on any atom is 0.257 e. The molecule has 0 radical (unpaired) electrons. The minimum atomic E-state index is -0.414. The van der Waals surface area contributed by atoms with E-state index in [2.05, 4.69) is 15.6 Å². The third kappa shape index (κ3) is 4.60. The van der Waals surface area contributed by atoms with E-state index in [0.717, 1.165) is 0 Å². The Balaban J connectivity index is 1.86. The zero-order valence-corrected chi connectivity index (χ0v) is 16.9. The fourth-order valence-corrected chi connectivity index (χ4v) is 2.90. The van der Waals surface area contributed by atoms with Gasteiger partial charge in [-0.1, -0.05) is 11.6 Å². The number of hydrogen-bond acceptors (Lipinski definition) is 7. The zero-order valence-electron chi connectivity index (χ0n) is 16.2. The number of halogens is 1. The van der Waals surface area contributed by atoms with Gasteiger partial charge in [-0.05, 0) is 60.6 Å². The van der Waals surface area contributed by atoms with Crippen LogP contribution in [0, 0.1) is 0 Å². The average Bonchev–Trinajstić information content (AvgIpc) is 3.17. The molecule has 29 heavy (non-hydrogen) atoms. The summed E-state index contributed by atoms with van der Waals surface area (Å²) in [6, 6.07) is 10.0. The number of hydrogen-bond donors (Lipinski definition) is 1. The largest absolute Gasteiger partial charge is 0.495 e. The molecule has 0 unspecified atom stereocenters. The van der Waals surface area contributed by atoms with Crippen LogP contribution < -0.4 is 19.5 Å². The van der Waals surface area contributed by atoms with Crippen molar-refractivity contribution in [3.05, 3.63) is 47.0 Å². The quantitative estimate of drug-likeness (QED) is 0.578. The highest BCUT2D eigenvalue weighted by atomic mass is 35.5. The lowest BCUT2D eigenvalue weighted by Gasteiger charge is -2.12. The molecule has 8 nitrogen and oxygen atoms in total. The summed E-state index contributed by atoms with van der Waals surface area (Å²) in [6.45, 7) is 4.76. The lowest BCUT2D eigenvalue weighted by atomic mass is 10.1. The van der Waals surface area contributed by atoms with E-state index >= 15 is 0 Å². The number of amides is 1. The van der Waals surface area contributed by atoms with Gasteiger partial charge in [-0.15, -0.1) is 0 Å². The number of nitrogens with one attached hydrogen (secondary N) is 1. The number of anilines is 1. The molecule has 0 fully saturated rings. The van der Waals surface area contributed by atoms with Crippen LogP contribution in [0.15, 0.2) is 41.0 Å². The molecule has 0 bridgehead atoms. The number of carbonyl (C=O) groups is 1. The van der Waals surface area contributed by atoms with Crippen molar-refractivity contribution in [1.82, 2.24) is 10.3 Å². The zero-order chi connectivity index (χ0) is 20.8. The minimum Gasteiger partial charge on any atom is -0.495 e. The van der Waals surface area contributed by atoms with Crippen molar-refractivity contribution >= 4 is 23.3 Å². The molecular weight excluding hydrogens is 398 g/mol. The summed E-state index contributed by atoms with van der Waals surface area (Å²) in [5.74, 6) is 1.42. The van der Waals surface area contributed by atoms with E-state index in [1.807, 2.05) is 13.8 Å². The Morgan fingerprint density at radius 2 is 1.76 bits per heavy atom. The molecule has 152 valence electrons. The first-order valence-electron chi connectivity index (χ1n) is 8.94. The topological polar surface area (TPSA) is 95.7 Å². The van der Waals surface area contributed by atoms with Gasteiger partial charge in [-0.2, -0.15) is 0 Å². The van der Waals surface area contributed by atoms with E-state index < -0.39 is 5.91 Å². The number of methoxy groups -OCH3 is 1. The van der Waals surface area contributed by atoms with E-state index in [1.165, 1.54) is 13.2 Å². The summed E-state index contributed by atoms with van der Waals surface area (Å²) in [7, 11) is 1.50. The van der Waals surface area contributed by atoms with Crippen LogP contribution in [-0.4, -0.2) is 36.5 Å². The summed E-state index contributed by atoms with van der Waals surface area (Å²) in [4.78, 5) is 12.6. The van der Waals surface area contributed by atoms with Crippen molar-refractivity contribution < 1.29 is 23.6 Å². The molecule has 1 aromatic heterocycles. The maximum atomic E-state index is 12.6. The predicted octanol–water partition coefficient (Wildman–Crippen LogP) is 4.45. The molecule has 0 saturated heterocycles. The highest BCUT2D eigenvalue weighted by Crippen LogP contribution is 2.34. The third-order valence-electron chi connectivity index (χ3n) is 3.95. The molecule has 9 heteroatoms. The van der Waals surface area contributed by atoms with Gasteiger partial charge >= 0.3 is 0 Å². The monoisotopic (exact) mass is 417 g/mol. The number of rotatable bonds is 8. The Morgan fingerprint density at radius 1 is 1.03 bits per heavy atom. The Morgan fingerprint density at radius 3 is 2.45 bits per heavy atom. The van der Waals surface area contributed by atoms with Crippen LogP contribution in [0.5, 0.6) is 17.2 Å². The molecule has 1 amide bonds. The lowest BCUT2D eigenvalue weighted by Crippen LogP contribution is -2.13. The second-order valence-corrected chi connectivity index (χ2v) is 6.20. The van der Waals surface area contributed by atoms with Gasteiger partial charge in [0.25, 0.3) is 5.91 Å². The summed E-state index contributed by atoms with van der Waals surface area (Å²) >= 11 is 6.09. The summed E-state index contributed by atoms with van der Waals surface area (Å²) in [5.41, 5.74) is 1.36. The highest BCUT2D eigenvalue weighted by molar-refractivity contribution is 6.32. The second kappa shape index (κ2) is 9.29. The van der Waals surface area contributed by atoms with E-state index in [4.69, 9.17) is 30.4 Å². The van der Waals surface area contributed by atoms with Gasteiger partial charge in [-0.3, -0.25) is 4.79 Å². The smallest absolute Gasteiger partial charge is 0.257 e. The molecule has 0 atom stereocenters. The Labute approximate surface area is 172 Å². The normalized spacial score (nSPS) is 10.5. The van der Waals surface area contributed by atoms with Crippen molar-refractivity contribution in [2.75, 3.05) is 25.6 Å². The molecule has 0 aliphatic rings. The number of benzene rings is 2. The summed E-state index contributed by atoms with van der Waals surface area (Å²) < 4.78 is 21.1. The maximum absolute atomic E-state index is 12.6. The SMILES string of the molecule is CCOc1ccc(-c2nonc2NC(=O)c2ccc(OC)c(Cl)c2)cc1OCC. The minimum absolute atomic E-state index is 0.175. The van der Waals surface area contributed by atoms with Crippen LogP contribution in [0.3, 0.4) is 0 Å². The Bertz CT molecular complexity index is 1010. The first-order chi connectivity index (χ1) is 14.1. The molecule has 0 saturated carbocycles. The van der Waals surface area contributed by atoms with Gasteiger partial charge in [0.1, 0.15) is 5.75 Å². The van der Waals surface area contributed by atoms with Crippen molar-refractivity contribution in [2.45, 2.75) is 13.8 Å². The van der Waals surface area contributed by atoms with Gasteiger partial charge in [-0.25, -0.2) is 4.63 Å². The summed E-state index contributed by atoms with van der Waals surface area (Å²) in [6.07, 6.45) is 0. The fourth-order valence-electron chi connectivity index (χ4n) is 2.65. The van der Waals surface area contributed by atoms with E-state index in [1.54, 1.807) is 30.3 Å². The number of nitrogens with zero attached hydrogens (tertiary/aromatic N) is 2. The first-order valence-corrected chi connectivity index (χ1v) is 9.32. The second-order valence-electron chi connectivity index (χ2n) is 5.79. The van der Waals surface area contributed by atoms with Crippen LogP contribution >= 0.6 is 11.6 Å². The molecule has 3 rings (SSSR count). The first kappa shape index (κ1) is 20.5. The molecule has 1 N–H and O–H groups in total.